The van der Waals surface area contributed by atoms with Crippen molar-refractivity contribution < 1.29 is 19.1 Å². The molecule has 1 aliphatic rings. The predicted octanol–water partition coefficient (Wildman–Crippen LogP) is 2.00. The Morgan fingerprint density at radius 3 is 2.50 bits per heavy atom. The van der Waals surface area contributed by atoms with Gasteiger partial charge in [-0.05, 0) is 32.0 Å². The summed E-state index contributed by atoms with van der Waals surface area (Å²) in [4.78, 5) is 31.0. The molecule has 0 radical (unpaired) electrons. The second-order valence-corrected chi connectivity index (χ2v) is 5.93. The standard InChI is InChI=1S/C19H23N3O4/c1-3-25-18(23)13-5-6-14-16(11-13)21-12-15(19(24)26-4-2)17(14)22-9-7-20-8-10-22/h5-6,11-12,20H,3-4,7-10H2,1-2H3. The van der Waals surface area contributed by atoms with Crippen LogP contribution in [0.15, 0.2) is 24.4 Å². The van der Waals surface area contributed by atoms with Crippen molar-refractivity contribution in [3.05, 3.63) is 35.5 Å². The summed E-state index contributed by atoms with van der Waals surface area (Å²) in [7, 11) is 0. The number of rotatable bonds is 5. The van der Waals surface area contributed by atoms with Gasteiger partial charge in [-0.3, -0.25) is 4.98 Å². The number of fused-ring (bicyclic) bond motifs is 1. The Kier molecular flexibility index (Phi) is 5.68. The lowest BCUT2D eigenvalue weighted by Crippen LogP contribution is -2.44. The van der Waals surface area contributed by atoms with Gasteiger partial charge >= 0.3 is 11.9 Å². The minimum absolute atomic E-state index is 0.305. The highest BCUT2D eigenvalue weighted by Crippen LogP contribution is 2.31. The van der Waals surface area contributed by atoms with Gasteiger partial charge in [-0.15, -0.1) is 0 Å². The van der Waals surface area contributed by atoms with Gasteiger partial charge in [0.1, 0.15) is 5.56 Å². The predicted molar refractivity (Wildman–Crippen MR) is 98.7 cm³/mol. The van der Waals surface area contributed by atoms with Gasteiger partial charge in [0.25, 0.3) is 0 Å². The van der Waals surface area contributed by atoms with Gasteiger partial charge in [0.05, 0.1) is 30.0 Å². The van der Waals surface area contributed by atoms with Crippen LogP contribution in [0.3, 0.4) is 0 Å². The van der Waals surface area contributed by atoms with Crippen molar-refractivity contribution in [1.29, 1.82) is 0 Å². The molecule has 1 saturated heterocycles. The first-order chi connectivity index (χ1) is 12.7. The van der Waals surface area contributed by atoms with E-state index in [1.165, 1.54) is 6.20 Å². The number of hydrogen-bond acceptors (Lipinski definition) is 7. The van der Waals surface area contributed by atoms with Gasteiger partial charge in [-0.2, -0.15) is 0 Å². The maximum absolute atomic E-state index is 12.4. The Morgan fingerprint density at radius 1 is 1.12 bits per heavy atom. The summed E-state index contributed by atoms with van der Waals surface area (Å²) in [5.41, 5.74) is 2.36. The number of carbonyl (C=O) groups is 2. The number of carbonyl (C=O) groups excluding carboxylic acids is 2. The van der Waals surface area contributed by atoms with Crippen LogP contribution in [0.4, 0.5) is 5.69 Å². The van der Waals surface area contributed by atoms with E-state index < -0.39 is 0 Å². The topological polar surface area (TPSA) is 80.8 Å². The van der Waals surface area contributed by atoms with E-state index in [1.807, 2.05) is 6.07 Å². The maximum atomic E-state index is 12.4. The number of ether oxygens (including phenoxy) is 2. The molecule has 0 amide bonds. The Bertz CT molecular complexity index is 816. The quantitative estimate of drug-likeness (QED) is 0.820. The van der Waals surface area contributed by atoms with E-state index in [1.54, 1.807) is 26.0 Å². The van der Waals surface area contributed by atoms with E-state index in [0.717, 1.165) is 37.3 Å². The summed E-state index contributed by atoms with van der Waals surface area (Å²) >= 11 is 0. The minimum Gasteiger partial charge on any atom is -0.462 e. The van der Waals surface area contributed by atoms with Gasteiger partial charge in [0, 0.05) is 37.8 Å². The second kappa shape index (κ2) is 8.14. The number of benzene rings is 1. The highest BCUT2D eigenvalue weighted by molar-refractivity contribution is 6.06. The van der Waals surface area contributed by atoms with Crippen LogP contribution in [0.5, 0.6) is 0 Å². The first kappa shape index (κ1) is 18.1. The summed E-state index contributed by atoms with van der Waals surface area (Å²) < 4.78 is 10.3. The summed E-state index contributed by atoms with van der Waals surface area (Å²) in [6, 6.07) is 5.24. The summed E-state index contributed by atoms with van der Waals surface area (Å²) in [6.07, 6.45) is 1.53. The highest BCUT2D eigenvalue weighted by atomic mass is 16.5. The maximum Gasteiger partial charge on any atom is 0.341 e. The zero-order valence-electron chi connectivity index (χ0n) is 15.1. The zero-order chi connectivity index (χ0) is 18.5. The molecule has 138 valence electrons. The number of aromatic nitrogens is 1. The van der Waals surface area contributed by atoms with Crippen LogP contribution < -0.4 is 10.2 Å². The molecular formula is C19H23N3O4. The summed E-state index contributed by atoms with van der Waals surface area (Å²) in [5.74, 6) is -0.765. The zero-order valence-corrected chi connectivity index (χ0v) is 15.1. The number of nitrogens with one attached hydrogen (secondary N) is 1. The number of nitrogens with zero attached hydrogens (tertiary/aromatic N) is 2. The van der Waals surface area contributed by atoms with Crippen molar-refractivity contribution in [2.75, 3.05) is 44.3 Å². The highest BCUT2D eigenvalue weighted by Gasteiger charge is 2.23. The molecule has 3 rings (SSSR count). The smallest absolute Gasteiger partial charge is 0.341 e. The SMILES string of the molecule is CCOC(=O)c1ccc2c(N3CCNCC3)c(C(=O)OCC)cnc2c1. The van der Waals surface area contributed by atoms with E-state index in [-0.39, 0.29) is 11.9 Å². The lowest BCUT2D eigenvalue weighted by atomic mass is 10.0. The fourth-order valence-corrected chi connectivity index (χ4v) is 3.11. The second-order valence-electron chi connectivity index (χ2n) is 5.93. The lowest BCUT2D eigenvalue weighted by Gasteiger charge is -2.31. The normalized spacial score (nSPS) is 14.3. The average molecular weight is 357 g/mol. The number of anilines is 1. The van der Waals surface area contributed by atoms with E-state index in [9.17, 15) is 9.59 Å². The molecule has 1 fully saturated rings. The third kappa shape index (κ3) is 3.62. The molecule has 0 aliphatic carbocycles. The molecule has 1 N–H and O–H groups in total. The molecule has 1 aliphatic heterocycles. The van der Waals surface area contributed by atoms with Crippen LogP contribution in [-0.4, -0.2) is 56.3 Å². The fraction of sp³-hybridized carbons (Fsp3) is 0.421. The van der Waals surface area contributed by atoms with Gasteiger partial charge < -0.3 is 19.7 Å². The minimum atomic E-state index is -0.384. The molecule has 0 atom stereocenters. The molecule has 0 bridgehead atoms. The first-order valence-corrected chi connectivity index (χ1v) is 8.88. The van der Waals surface area contributed by atoms with Crippen LogP contribution in [0.2, 0.25) is 0 Å². The van der Waals surface area contributed by atoms with E-state index in [4.69, 9.17) is 9.47 Å². The third-order valence-corrected chi connectivity index (χ3v) is 4.28. The summed E-state index contributed by atoms with van der Waals surface area (Å²) in [5, 5.41) is 4.13. The number of pyridine rings is 1. The molecule has 0 saturated carbocycles. The Morgan fingerprint density at radius 2 is 1.81 bits per heavy atom. The number of hydrogen-bond donors (Lipinski definition) is 1. The third-order valence-electron chi connectivity index (χ3n) is 4.28. The Hall–Kier alpha value is -2.67. The van der Waals surface area contributed by atoms with Crippen molar-refractivity contribution in [2.24, 2.45) is 0 Å². The van der Waals surface area contributed by atoms with E-state index in [0.29, 0.717) is 29.9 Å². The Labute approximate surface area is 152 Å². The van der Waals surface area contributed by atoms with E-state index in [2.05, 4.69) is 15.2 Å². The molecule has 26 heavy (non-hydrogen) atoms. The summed E-state index contributed by atoms with van der Waals surface area (Å²) in [6.45, 7) is 7.42. The molecule has 1 aromatic carbocycles. The molecule has 2 heterocycles. The number of piperazine rings is 1. The largest absolute Gasteiger partial charge is 0.462 e. The molecule has 7 heteroatoms. The van der Waals surface area contributed by atoms with Gasteiger partial charge in [0.15, 0.2) is 0 Å². The van der Waals surface area contributed by atoms with Crippen LogP contribution in [0, 0.1) is 0 Å². The van der Waals surface area contributed by atoms with Crippen molar-refractivity contribution in [2.45, 2.75) is 13.8 Å². The van der Waals surface area contributed by atoms with Crippen molar-refractivity contribution in [3.63, 3.8) is 0 Å². The van der Waals surface area contributed by atoms with Crippen molar-refractivity contribution in [1.82, 2.24) is 10.3 Å². The molecule has 1 aromatic heterocycles. The fourth-order valence-electron chi connectivity index (χ4n) is 3.11. The Balaban J connectivity index is 2.11. The van der Waals surface area contributed by atoms with Crippen LogP contribution in [0.25, 0.3) is 10.9 Å². The van der Waals surface area contributed by atoms with Crippen molar-refractivity contribution in [3.8, 4) is 0 Å². The van der Waals surface area contributed by atoms with E-state index >= 15 is 0 Å². The number of esters is 2. The van der Waals surface area contributed by atoms with Gasteiger partial charge in [-0.25, -0.2) is 9.59 Å². The van der Waals surface area contributed by atoms with Gasteiger partial charge in [-0.1, -0.05) is 0 Å². The monoisotopic (exact) mass is 357 g/mol. The molecular weight excluding hydrogens is 334 g/mol. The molecule has 0 unspecified atom stereocenters. The molecule has 2 aromatic rings. The average Bonchev–Trinajstić information content (AvgIpc) is 2.67. The van der Waals surface area contributed by atoms with Gasteiger partial charge in [0.2, 0.25) is 0 Å². The van der Waals surface area contributed by atoms with Crippen LogP contribution >= 0.6 is 0 Å². The molecule has 7 nitrogen and oxygen atoms in total. The first-order valence-electron chi connectivity index (χ1n) is 8.88. The van der Waals surface area contributed by atoms with Crippen molar-refractivity contribution >= 4 is 28.5 Å². The molecule has 0 spiro atoms. The van der Waals surface area contributed by atoms with Crippen LogP contribution in [0.1, 0.15) is 34.6 Å². The lowest BCUT2D eigenvalue weighted by molar-refractivity contribution is 0.0516. The van der Waals surface area contributed by atoms with Crippen LogP contribution in [-0.2, 0) is 9.47 Å².